The summed E-state index contributed by atoms with van der Waals surface area (Å²) in [5.41, 5.74) is 0. The molecule has 0 rings (SSSR count). The predicted molar refractivity (Wildman–Crippen MR) is 29.8 cm³/mol. The van der Waals surface area contributed by atoms with E-state index in [-0.39, 0.29) is 0 Å². The van der Waals surface area contributed by atoms with Crippen molar-refractivity contribution in [3.63, 3.8) is 0 Å². The molecular weight excluding hydrogens is 176 g/mol. The third-order valence-electron chi connectivity index (χ3n) is 0.144. The van der Waals surface area contributed by atoms with Crippen LogP contribution in [0.3, 0.4) is 0 Å². The van der Waals surface area contributed by atoms with Crippen LogP contribution in [0.25, 0.3) is 0 Å². The molecule has 1 N–H and O–H groups in total. The Hall–Kier alpha value is 0.370. The van der Waals surface area contributed by atoms with E-state index in [0.29, 0.717) is 0 Å². The Morgan fingerprint density at radius 2 is 2.00 bits per heavy atom. The van der Waals surface area contributed by atoms with E-state index in [1.807, 2.05) is 0 Å². The second kappa shape index (κ2) is 2.78. The maximum Gasteiger partial charge on any atom is 0.333 e. The van der Waals surface area contributed by atoms with Gasteiger partial charge >= 0.3 is 20.5 Å². The van der Waals surface area contributed by atoms with Crippen LogP contribution in [-0.4, -0.2) is 17.2 Å². The standard InChI is InChI=1S/H2O5S3/c1-7(2)5-8(3,4)6/h(H,1,2)(H,3,4,6). The molecular formula is H2O5S3. The Balaban J connectivity index is 3.95. The minimum Gasteiger partial charge on any atom is -0.283 e. The Kier molecular flexibility index (Phi) is 2.91. The highest BCUT2D eigenvalue weighted by Gasteiger charge is 2.06. The van der Waals surface area contributed by atoms with E-state index in [2.05, 4.69) is 15.3 Å². The molecule has 0 aromatic rings. The summed E-state index contributed by atoms with van der Waals surface area (Å²) >= 11 is -0.00836. The van der Waals surface area contributed by atoms with Crippen LogP contribution in [0.1, 0.15) is 0 Å². The van der Waals surface area contributed by atoms with Crippen LogP contribution in [0.2, 0.25) is 0 Å². The summed E-state index contributed by atoms with van der Waals surface area (Å²) in [6.07, 6.45) is 0. The van der Waals surface area contributed by atoms with Crippen molar-refractivity contribution in [3.8, 4) is 0 Å². The molecule has 0 bridgehead atoms. The van der Waals surface area contributed by atoms with Crippen LogP contribution >= 0.6 is 11.7 Å². The van der Waals surface area contributed by atoms with Gasteiger partial charge in [-0.1, -0.05) is 0 Å². The van der Waals surface area contributed by atoms with Gasteiger partial charge in [-0.15, -0.1) is 3.63 Å². The Bertz CT molecular complexity index is 174. The van der Waals surface area contributed by atoms with Gasteiger partial charge in [0.25, 0.3) is 0 Å². The van der Waals surface area contributed by atoms with Gasteiger partial charge in [0.15, 0.2) is 0 Å². The summed E-state index contributed by atoms with van der Waals surface area (Å²) < 4.78 is 39.9. The lowest BCUT2D eigenvalue weighted by molar-refractivity contribution is 0.452. The summed E-state index contributed by atoms with van der Waals surface area (Å²) in [5.74, 6) is 0. The SMILES string of the molecule is O=S(O)OS(=O)(=O)S. The van der Waals surface area contributed by atoms with Crippen molar-refractivity contribution in [1.82, 2.24) is 0 Å². The molecule has 0 radical (unpaired) electrons. The molecule has 0 fully saturated rings. The average Bonchev–Trinajstić information content (AvgIpc) is 1.21. The molecule has 0 saturated heterocycles. The first-order valence-corrected chi connectivity index (χ1v) is 4.69. The van der Waals surface area contributed by atoms with Crippen LogP contribution in [0, 0.1) is 0 Å². The highest BCUT2D eigenvalue weighted by atomic mass is 33.1. The van der Waals surface area contributed by atoms with Gasteiger partial charge in [-0.05, 0) is 11.7 Å². The summed E-state index contributed by atoms with van der Waals surface area (Å²) in [6.45, 7) is 0. The molecule has 0 spiro atoms. The van der Waals surface area contributed by atoms with E-state index < -0.39 is 20.5 Å². The molecule has 0 aliphatic carbocycles. The van der Waals surface area contributed by atoms with E-state index in [1.165, 1.54) is 0 Å². The van der Waals surface area contributed by atoms with Crippen LogP contribution in [-0.2, 0) is 24.1 Å². The van der Waals surface area contributed by atoms with Gasteiger partial charge in [-0.25, -0.2) is 0 Å². The Labute approximate surface area is 53.5 Å². The molecule has 8 heavy (non-hydrogen) atoms. The Morgan fingerprint density at radius 1 is 1.62 bits per heavy atom. The molecule has 0 aromatic heterocycles. The average molecular weight is 178 g/mol. The maximum absolute atomic E-state index is 9.73. The van der Waals surface area contributed by atoms with Gasteiger partial charge in [0.2, 0.25) is 0 Å². The molecule has 5 nitrogen and oxygen atoms in total. The fraction of sp³-hybridized carbons (Fsp3) is 0. The van der Waals surface area contributed by atoms with Crippen molar-refractivity contribution >= 4 is 32.2 Å². The monoisotopic (exact) mass is 178 g/mol. The molecule has 0 aromatic carbocycles. The number of hydrogen-bond donors (Lipinski definition) is 2. The van der Waals surface area contributed by atoms with Crippen molar-refractivity contribution in [2.24, 2.45) is 0 Å². The quantitative estimate of drug-likeness (QED) is 0.332. The summed E-state index contributed by atoms with van der Waals surface area (Å²) in [4.78, 5) is 0. The lowest BCUT2D eigenvalue weighted by atomic mass is 15.8. The first kappa shape index (κ1) is 8.37. The molecule has 0 saturated carbocycles. The van der Waals surface area contributed by atoms with Gasteiger partial charge < -0.3 is 0 Å². The molecule has 0 heterocycles. The number of thiol groups is 1. The van der Waals surface area contributed by atoms with Crippen molar-refractivity contribution in [2.45, 2.75) is 0 Å². The van der Waals surface area contributed by atoms with Crippen LogP contribution in [0.15, 0.2) is 0 Å². The fourth-order valence-electron chi connectivity index (χ4n) is 0.0736. The minimum atomic E-state index is -4.08. The molecule has 8 heteroatoms. The van der Waals surface area contributed by atoms with Crippen LogP contribution in [0.4, 0.5) is 0 Å². The lowest BCUT2D eigenvalue weighted by Gasteiger charge is -1.87. The van der Waals surface area contributed by atoms with Crippen LogP contribution < -0.4 is 0 Å². The molecule has 1 unspecified atom stereocenters. The summed E-state index contributed by atoms with van der Waals surface area (Å²) in [5, 5.41) is 0. The first-order valence-electron chi connectivity index (χ1n) is 1.20. The van der Waals surface area contributed by atoms with E-state index in [9.17, 15) is 12.6 Å². The zero-order valence-corrected chi connectivity index (χ0v) is 5.87. The number of hydrogen-bond acceptors (Lipinski definition) is 4. The van der Waals surface area contributed by atoms with E-state index >= 15 is 0 Å². The van der Waals surface area contributed by atoms with Crippen molar-refractivity contribution < 1.29 is 20.8 Å². The second-order valence-corrected chi connectivity index (χ2v) is 3.89. The molecule has 0 aliphatic rings. The van der Waals surface area contributed by atoms with Gasteiger partial charge in [-0.2, -0.15) is 12.6 Å². The third-order valence-corrected chi connectivity index (χ3v) is 1.85. The smallest absolute Gasteiger partial charge is 0.283 e. The highest BCUT2D eigenvalue weighted by molar-refractivity contribution is 8.62. The zero-order chi connectivity index (χ0) is 6.78. The van der Waals surface area contributed by atoms with Crippen molar-refractivity contribution in [3.05, 3.63) is 0 Å². The van der Waals surface area contributed by atoms with Gasteiger partial charge in [0.05, 0.1) is 0 Å². The fourth-order valence-corrected chi connectivity index (χ4v) is 1.13. The van der Waals surface area contributed by atoms with E-state index in [0.717, 1.165) is 0 Å². The minimum absolute atomic E-state index is 2.79. The van der Waals surface area contributed by atoms with Crippen LogP contribution in [0.5, 0.6) is 0 Å². The van der Waals surface area contributed by atoms with E-state index in [1.54, 1.807) is 0 Å². The Morgan fingerprint density at radius 3 is 2.00 bits per heavy atom. The van der Waals surface area contributed by atoms with Crippen molar-refractivity contribution in [2.75, 3.05) is 0 Å². The third kappa shape index (κ3) is 6.37. The topological polar surface area (TPSA) is 80.7 Å². The molecule has 0 amide bonds. The summed E-state index contributed by atoms with van der Waals surface area (Å²) in [6, 6.07) is 0. The largest absolute Gasteiger partial charge is 0.333 e. The second-order valence-electron chi connectivity index (χ2n) is 0.713. The van der Waals surface area contributed by atoms with Crippen molar-refractivity contribution in [1.29, 1.82) is 0 Å². The molecule has 50 valence electrons. The van der Waals surface area contributed by atoms with E-state index in [4.69, 9.17) is 4.55 Å². The van der Waals surface area contributed by atoms with Gasteiger partial charge in [0.1, 0.15) is 0 Å². The predicted octanol–water partition coefficient (Wildman–Crippen LogP) is -0.686. The number of rotatable bonds is 2. The first-order chi connectivity index (χ1) is 3.42. The normalized spacial score (nSPS) is 15.8. The lowest BCUT2D eigenvalue weighted by Crippen LogP contribution is -1.98. The maximum atomic E-state index is 9.73. The summed E-state index contributed by atoms with van der Waals surface area (Å²) in [7, 11) is -4.08. The van der Waals surface area contributed by atoms with Gasteiger partial charge in [-0.3, -0.25) is 4.55 Å². The molecule has 0 aliphatic heterocycles. The zero-order valence-electron chi connectivity index (χ0n) is 3.34. The highest BCUT2D eigenvalue weighted by Crippen LogP contribution is 1.97. The molecule has 1 atom stereocenters. The van der Waals surface area contributed by atoms with Gasteiger partial charge in [0, 0.05) is 0 Å².